The molecule has 1 atom stereocenters. The Morgan fingerprint density at radius 1 is 1.43 bits per heavy atom. The van der Waals surface area contributed by atoms with E-state index in [1.165, 1.54) is 6.92 Å². The molecule has 1 unspecified atom stereocenters. The van der Waals surface area contributed by atoms with Crippen molar-refractivity contribution >= 4 is 32.1 Å². The van der Waals surface area contributed by atoms with Crippen LogP contribution in [0.25, 0.3) is 0 Å². The topological polar surface area (TPSA) is 147 Å². The van der Waals surface area contributed by atoms with Crippen LogP contribution in [0.15, 0.2) is 0 Å². The van der Waals surface area contributed by atoms with Crippen LogP contribution in [0, 0.1) is 0 Å². The highest BCUT2D eigenvalue weighted by Gasteiger charge is 2.40. The number of carbonyl (C=O) groups is 2. The number of hydrogen-bond acceptors (Lipinski definition) is 7. The maximum Gasteiger partial charge on any atom is 0.421 e. The summed E-state index contributed by atoms with van der Waals surface area (Å²) < 4.78 is 53.2. The molecule has 0 bridgehead atoms. The molecule has 1 amide bonds. The summed E-state index contributed by atoms with van der Waals surface area (Å²) in [4.78, 5) is 22.0. The van der Waals surface area contributed by atoms with Crippen LogP contribution >= 0.6 is 0 Å². The maximum atomic E-state index is 12.0. The van der Waals surface area contributed by atoms with Gasteiger partial charge in [0.1, 0.15) is 6.54 Å². The van der Waals surface area contributed by atoms with Gasteiger partial charge in [-0.25, -0.2) is 17.9 Å². The molecule has 2 N–H and O–H groups in total. The van der Waals surface area contributed by atoms with Crippen LogP contribution in [0.2, 0.25) is 0 Å². The Hall–Kier alpha value is -1.40. The maximum absolute atomic E-state index is 12.0. The zero-order valence-corrected chi connectivity index (χ0v) is 12.8. The molecule has 0 saturated carbocycles. The molecule has 0 aromatic rings. The van der Waals surface area contributed by atoms with Crippen LogP contribution in [0.1, 0.15) is 13.3 Å². The van der Waals surface area contributed by atoms with Gasteiger partial charge in [-0.3, -0.25) is 4.79 Å². The Morgan fingerprint density at radius 2 is 2.05 bits per heavy atom. The molecule has 1 rings (SSSR count). The van der Waals surface area contributed by atoms with Gasteiger partial charge in [0.2, 0.25) is 0 Å². The van der Waals surface area contributed by atoms with Crippen molar-refractivity contribution < 1.29 is 36.3 Å². The summed E-state index contributed by atoms with van der Waals surface area (Å²) in [5, 5.41) is 8.78. The van der Waals surface area contributed by atoms with E-state index in [4.69, 9.17) is 5.11 Å². The van der Waals surface area contributed by atoms with E-state index < -0.39 is 50.4 Å². The predicted octanol–water partition coefficient (Wildman–Crippen LogP) is -1.45. The normalized spacial score (nSPS) is 21.1. The average molecular weight is 344 g/mol. The Labute approximate surface area is 122 Å². The Kier molecular flexibility index (Phi) is 5.53. The van der Waals surface area contributed by atoms with Crippen molar-refractivity contribution in [3.8, 4) is 0 Å². The number of hydrogen-bond donors (Lipinski definition) is 2. The first-order chi connectivity index (χ1) is 9.57. The largest absolute Gasteiger partial charge is 0.480 e. The molecule has 122 valence electrons. The van der Waals surface area contributed by atoms with E-state index in [1.54, 1.807) is 4.72 Å². The summed E-state index contributed by atoms with van der Waals surface area (Å²) in [5.74, 6) is -2.18. The highest BCUT2D eigenvalue weighted by atomic mass is 32.2. The smallest absolute Gasteiger partial charge is 0.421 e. The summed E-state index contributed by atoms with van der Waals surface area (Å²) in [6.07, 6.45) is -1.28. The molecule has 1 fully saturated rings. The van der Waals surface area contributed by atoms with Gasteiger partial charge < -0.3 is 9.84 Å². The van der Waals surface area contributed by atoms with Crippen LogP contribution < -0.4 is 4.72 Å². The number of carboxylic acid groups (broad SMARTS) is 1. The third-order valence-electron chi connectivity index (χ3n) is 2.70. The summed E-state index contributed by atoms with van der Waals surface area (Å²) >= 11 is 0. The average Bonchev–Trinajstić information content (AvgIpc) is 2.65. The predicted molar refractivity (Wildman–Crippen MR) is 70.5 cm³/mol. The molecule has 0 aromatic heterocycles. The lowest BCUT2D eigenvalue weighted by Gasteiger charge is -2.25. The molecular weight excluding hydrogens is 328 g/mol. The third-order valence-corrected chi connectivity index (χ3v) is 5.92. The number of ether oxygens (including phenoxy) is 1. The molecular formula is C9H16N2O8S2. The van der Waals surface area contributed by atoms with Gasteiger partial charge in [-0.1, -0.05) is 0 Å². The SMILES string of the molecule is CCOC(=O)NS(=O)(=O)N(CC(=O)O)C1CCS(=O)(=O)C1. The number of aliphatic carboxylic acids is 1. The quantitative estimate of drug-likeness (QED) is 0.595. The second-order valence-electron chi connectivity index (χ2n) is 4.32. The fraction of sp³-hybridized carbons (Fsp3) is 0.778. The summed E-state index contributed by atoms with van der Waals surface area (Å²) in [5.41, 5.74) is 0. The van der Waals surface area contributed by atoms with Crippen LogP contribution in [0.5, 0.6) is 0 Å². The van der Waals surface area contributed by atoms with E-state index in [0.29, 0.717) is 4.31 Å². The van der Waals surface area contributed by atoms with Crippen LogP contribution in [0.4, 0.5) is 4.79 Å². The fourth-order valence-electron chi connectivity index (χ4n) is 1.87. The van der Waals surface area contributed by atoms with E-state index in [1.807, 2.05) is 0 Å². The molecule has 21 heavy (non-hydrogen) atoms. The Balaban J connectivity index is 2.96. The van der Waals surface area contributed by atoms with Gasteiger partial charge in [0, 0.05) is 6.04 Å². The van der Waals surface area contributed by atoms with Gasteiger partial charge in [-0.05, 0) is 13.3 Å². The Bertz CT molecular complexity index is 612. The number of carboxylic acids is 1. The van der Waals surface area contributed by atoms with Gasteiger partial charge in [-0.2, -0.15) is 12.7 Å². The van der Waals surface area contributed by atoms with Crippen molar-refractivity contribution in [2.24, 2.45) is 0 Å². The van der Waals surface area contributed by atoms with Crippen molar-refractivity contribution in [3.63, 3.8) is 0 Å². The van der Waals surface area contributed by atoms with Crippen LogP contribution in [0.3, 0.4) is 0 Å². The number of amides is 1. The van der Waals surface area contributed by atoms with Crippen molar-refractivity contribution in [1.82, 2.24) is 9.03 Å². The first kappa shape index (κ1) is 17.7. The second-order valence-corrected chi connectivity index (χ2v) is 8.18. The van der Waals surface area contributed by atoms with Crippen molar-refractivity contribution in [2.45, 2.75) is 19.4 Å². The number of nitrogens with one attached hydrogen (secondary N) is 1. The van der Waals surface area contributed by atoms with Crippen LogP contribution in [-0.4, -0.2) is 69.0 Å². The minimum Gasteiger partial charge on any atom is -0.480 e. The summed E-state index contributed by atoms with van der Waals surface area (Å²) in [6.45, 7) is 0.442. The molecule has 0 radical (unpaired) electrons. The van der Waals surface area contributed by atoms with E-state index in [-0.39, 0.29) is 18.8 Å². The van der Waals surface area contributed by atoms with E-state index in [2.05, 4.69) is 4.74 Å². The van der Waals surface area contributed by atoms with E-state index in [9.17, 15) is 26.4 Å². The third kappa shape index (κ3) is 5.13. The van der Waals surface area contributed by atoms with Gasteiger partial charge in [-0.15, -0.1) is 0 Å². The zero-order valence-electron chi connectivity index (χ0n) is 11.2. The summed E-state index contributed by atoms with van der Waals surface area (Å²) in [7, 11) is -7.93. The molecule has 1 aliphatic heterocycles. The molecule has 0 aromatic carbocycles. The summed E-state index contributed by atoms with van der Waals surface area (Å²) in [6, 6.07) is -1.03. The molecule has 10 nitrogen and oxygen atoms in total. The van der Waals surface area contributed by atoms with Crippen LogP contribution in [-0.2, 0) is 29.6 Å². The number of nitrogens with zero attached hydrogens (tertiary/aromatic N) is 1. The van der Waals surface area contributed by atoms with Gasteiger partial charge >= 0.3 is 22.3 Å². The standard InChI is InChI=1S/C9H16N2O8S2/c1-2-19-9(14)10-21(17,18)11(5-8(12)13)7-3-4-20(15,16)6-7/h7H,2-6H2,1H3,(H,10,14)(H,12,13). The van der Waals surface area contributed by atoms with Crippen molar-refractivity contribution in [1.29, 1.82) is 0 Å². The molecule has 1 saturated heterocycles. The lowest BCUT2D eigenvalue weighted by Crippen LogP contribution is -2.50. The van der Waals surface area contributed by atoms with Gasteiger partial charge in [0.15, 0.2) is 9.84 Å². The lowest BCUT2D eigenvalue weighted by atomic mass is 10.2. The highest BCUT2D eigenvalue weighted by molar-refractivity contribution is 7.91. The monoisotopic (exact) mass is 344 g/mol. The minimum absolute atomic E-state index is 0.0284. The van der Waals surface area contributed by atoms with Gasteiger partial charge in [0.25, 0.3) is 0 Å². The Morgan fingerprint density at radius 3 is 2.48 bits per heavy atom. The van der Waals surface area contributed by atoms with E-state index >= 15 is 0 Å². The first-order valence-electron chi connectivity index (χ1n) is 5.96. The first-order valence-corrected chi connectivity index (χ1v) is 9.22. The number of rotatable bonds is 6. The zero-order chi connectivity index (χ0) is 16.3. The second kappa shape index (κ2) is 6.58. The highest BCUT2D eigenvalue weighted by Crippen LogP contribution is 2.20. The number of carbonyl (C=O) groups excluding carboxylic acids is 1. The molecule has 1 heterocycles. The number of sulfone groups is 1. The molecule has 0 aliphatic carbocycles. The van der Waals surface area contributed by atoms with Gasteiger partial charge in [0.05, 0.1) is 18.1 Å². The van der Waals surface area contributed by atoms with Crippen molar-refractivity contribution in [3.05, 3.63) is 0 Å². The molecule has 12 heteroatoms. The molecule has 0 spiro atoms. The fourth-order valence-corrected chi connectivity index (χ4v) is 4.94. The van der Waals surface area contributed by atoms with Crippen molar-refractivity contribution in [2.75, 3.05) is 24.7 Å². The minimum atomic E-state index is -4.51. The lowest BCUT2D eigenvalue weighted by molar-refractivity contribution is -0.137. The van der Waals surface area contributed by atoms with E-state index in [0.717, 1.165) is 0 Å². The molecule has 1 aliphatic rings.